The van der Waals surface area contributed by atoms with E-state index in [1.807, 2.05) is 0 Å². The average Bonchev–Trinajstić information content (AvgIpc) is 2.97. The monoisotopic (exact) mass is 248 g/mol. The zero-order chi connectivity index (χ0) is 12.6. The third kappa shape index (κ3) is 2.75. The lowest BCUT2D eigenvalue weighted by Crippen LogP contribution is -2.33. The van der Waals surface area contributed by atoms with Gasteiger partial charge in [0.15, 0.2) is 9.84 Å². The molecule has 0 bridgehead atoms. The molecule has 0 radical (unpaired) electrons. The van der Waals surface area contributed by atoms with Gasteiger partial charge in [-0.2, -0.15) is 0 Å². The molecule has 1 saturated carbocycles. The van der Waals surface area contributed by atoms with E-state index in [0.717, 1.165) is 12.8 Å². The van der Waals surface area contributed by atoms with E-state index in [9.17, 15) is 18.3 Å². The van der Waals surface area contributed by atoms with Gasteiger partial charge in [0, 0.05) is 0 Å². The minimum Gasteiger partial charge on any atom is -0.481 e. The van der Waals surface area contributed by atoms with Crippen LogP contribution < -0.4 is 0 Å². The Balaban J connectivity index is 2.68. The summed E-state index contributed by atoms with van der Waals surface area (Å²) < 4.78 is 23.3. The number of hydrogen-bond donors (Lipinski definition) is 1. The number of carboxylic acid groups (broad SMARTS) is 1. The van der Waals surface area contributed by atoms with E-state index >= 15 is 0 Å². The molecule has 0 spiro atoms. The van der Waals surface area contributed by atoms with Crippen molar-refractivity contribution in [2.24, 2.45) is 11.3 Å². The Morgan fingerprint density at radius 2 is 1.94 bits per heavy atom. The molecule has 0 aromatic heterocycles. The maximum Gasteiger partial charge on any atom is 0.309 e. The van der Waals surface area contributed by atoms with Gasteiger partial charge >= 0.3 is 5.97 Å². The van der Waals surface area contributed by atoms with Gasteiger partial charge in [-0.1, -0.05) is 0 Å². The Bertz CT molecular complexity index is 367. The molecule has 0 aromatic rings. The van der Waals surface area contributed by atoms with E-state index in [-0.39, 0.29) is 18.1 Å². The van der Waals surface area contributed by atoms with E-state index in [4.69, 9.17) is 0 Å². The van der Waals surface area contributed by atoms with Crippen LogP contribution in [0.25, 0.3) is 0 Å². The van der Waals surface area contributed by atoms with Gasteiger partial charge in [-0.15, -0.1) is 0 Å². The molecule has 1 unspecified atom stereocenters. The quantitative estimate of drug-likeness (QED) is 0.776. The molecule has 1 aliphatic rings. The second-order valence-corrected chi connectivity index (χ2v) is 7.84. The first-order chi connectivity index (χ1) is 7.20. The van der Waals surface area contributed by atoms with E-state index in [1.165, 1.54) is 0 Å². The highest BCUT2D eigenvalue weighted by atomic mass is 32.2. The molecule has 94 valence electrons. The van der Waals surface area contributed by atoms with Crippen LogP contribution in [0.3, 0.4) is 0 Å². The maximum absolute atomic E-state index is 11.6. The van der Waals surface area contributed by atoms with Gasteiger partial charge < -0.3 is 5.11 Å². The van der Waals surface area contributed by atoms with Gasteiger partial charge in [0.1, 0.15) is 0 Å². The summed E-state index contributed by atoms with van der Waals surface area (Å²) in [5.74, 6) is -0.731. The smallest absolute Gasteiger partial charge is 0.309 e. The zero-order valence-corrected chi connectivity index (χ0v) is 10.9. The zero-order valence-electron chi connectivity index (χ0n) is 10.1. The van der Waals surface area contributed by atoms with Crippen molar-refractivity contribution >= 4 is 15.8 Å². The van der Waals surface area contributed by atoms with E-state index in [0.29, 0.717) is 0 Å². The average molecular weight is 248 g/mol. The van der Waals surface area contributed by atoms with Crippen molar-refractivity contribution in [1.29, 1.82) is 0 Å². The second-order valence-electron chi connectivity index (χ2n) is 5.16. The third-order valence-electron chi connectivity index (χ3n) is 3.59. The fourth-order valence-electron chi connectivity index (χ4n) is 1.80. The van der Waals surface area contributed by atoms with Gasteiger partial charge in [-0.3, -0.25) is 4.79 Å². The van der Waals surface area contributed by atoms with Crippen molar-refractivity contribution in [2.45, 2.75) is 45.3 Å². The summed E-state index contributed by atoms with van der Waals surface area (Å²) in [5, 5.41) is 8.76. The van der Waals surface area contributed by atoms with Crippen molar-refractivity contribution in [3.05, 3.63) is 0 Å². The van der Waals surface area contributed by atoms with Crippen LogP contribution in [0, 0.1) is 11.3 Å². The highest BCUT2D eigenvalue weighted by molar-refractivity contribution is 7.91. The molecule has 0 aliphatic heterocycles. The van der Waals surface area contributed by atoms with Crippen LogP contribution >= 0.6 is 0 Å². The molecule has 1 rings (SSSR count). The van der Waals surface area contributed by atoms with Gasteiger partial charge in [0.2, 0.25) is 0 Å². The van der Waals surface area contributed by atoms with Gasteiger partial charge in [-0.05, 0) is 46.0 Å². The molecule has 1 aliphatic carbocycles. The third-order valence-corrected chi connectivity index (χ3v) is 5.80. The maximum atomic E-state index is 11.6. The van der Waals surface area contributed by atoms with Crippen LogP contribution in [0.15, 0.2) is 0 Å². The molecule has 1 N–H and O–H groups in total. The van der Waals surface area contributed by atoms with E-state index < -0.39 is 26.5 Å². The molecule has 0 saturated heterocycles. The van der Waals surface area contributed by atoms with E-state index in [2.05, 4.69) is 0 Å². The van der Waals surface area contributed by atoms with Crippen molar-refractivity contribution in [2.75, 3.05) is 5.75 Å². The number of sulfone groups is 1. The Hall–Kier alpha value is -0.580. The largest absolute Gasteiger partial charge is 0.481 e. The van der Waals surface area contributed by atoms with Crippen LogP contribution in [0.5, 0.6) is 0 Å². The Kier molecular flexibility index (Phi) is 3.67. The lowest BCUT2D eigenvalue weighted by molar-refractivity contribution is -0.149. The predicted octanol–water partition coefficient (Wildman–Crippen LogP) is 1.70. The number of carbonyl (C=O) groups is 1. The summed E-state index contributed by atoms with van der Waals surface area (Å²) in [6, 6.07) is 0. The van der Waals surface area contributed by atoms with Gasteiger partial charge in [0.25, 0.3) is 0 Å². The normalized spacial score (nSPS) is 20.8. The number of rotatable bonds is 6. The van der Waals surface area contributed by atoms with Gasteiger partial charge in [0.05, 0.1) is 16.4 Å². The van der Waals surface area contributed by atoms with Crippen molar-refractivity contribution in [3.63, 3.8) is 0 Å². The molecule has 1 fully saturated rings. The Labute approximate surface area is 97.0 Å². The number of carboxylic acids is 1. The molecular weight excluding hydrogens is 228 g/mol. The summed E-state index contributed by atoms with van der Waals surface area (Å²) in [7, 11) is -3.13. The van der Waals surface area contributed by atoms with Crippen LogP contribution in [0.2, 0.25) is 0 Å². The summed E-state index contributed by atoms with van der Waals surface area (Å²) in [6.07, 6.45) is 2.04. The highest BCUT2D eigenvalue weighted by Crippen LogP contribution is 2.48. The summed E-state index contributed by atoms with van der Waals surface area (Å²) in [4.78, 5) is 11.2. The van der Waals surface area contributed by atoms with Crippen LogP contribution in [0.4, 0.5) is 0 Å². The number of hydrogen-bond acceptors (Lipinski definition) is 3. The molecular formula is C11H20O4S. The molecule has 5 heteroatoms. The topological polar surface area (TPSA) is 71.4 Å². The first-order valence-electron chi connectivity index (χ1n) is 5.65. The van der Waals surface area contributed by atoms with Crippen molar-refractivity contribution in [3.8, 4) is 0 Å². The molecule has 16 heavy (non-hydrogen) atoms. The summed E-state index contributed by atoms with van der Waals surface area (Å²) in [6.45, 7) is 4.93. The first kappa shape index (κ1) is 13.5. The predicted molar refractivity (Wildman–Crippen MR) is 62.0 cm³/mol. The molecule has 1 atom stereocenters. The minimum absolute atomic E-state index is 0.0238. The molecule has 4 nitrogen and oxygen atoms in total. The number of aliphatic carboxylic acids is 1. The van der Waals surface area contributed by atoms with Crippen LogP contribution in [-0.2, 0) is 14.6 Å². The molecule has 0 heterocycles. The summed E-state index contributed by atoms with van der Waals surface area (Å²) >= 11 is 0. The van der Waals surface area contributed by atoms with Gasteiger partial charge in [-0.25, -0.2) is 8.42 Å². The summed E-state index contributed by atoms with van der Waals surface area (Å²) in [5.41, 5.74) is -0.859. The van der Waals surface area contributed by atoms with Crippen molar-refractivity contribution in [1.82, 2.24) is 0 Å². The minimum atomic E-state index is -3.13. The lowest BCUT2D eigenvalue weighted by Gasteiger charge is -2.24. The Morgan fingerprint density at radius 3 is 2.25 bits per heavy atom. The fourth-order valence-corrected chi connectivity index (χ4v) is 2.98. The highest BCUT2D eigenvalue weighted by Gasteiger charge is 2.47. The molecule has 0 amide bonds. The lowest BCUT2D eigenvalue weighted by atomic mass is 9.82. The van der Waals surface area contributed by atoms with Crippen LogP contribution in [0.1, 0.15) is 40.0 Å². The first-order valence-corrected chi connectivity index (χ1v) is 7.36. The standard InChI is InChI=1S/C11H20O4S/c1-8(2)16(14,15)7-6-11(3,10(12)13)9-4-5-9/h8-9H,4-7H2,1-3H3,(H,12,13). The molecule has 0 aromatic carbocycles. The second kappa shape index (κ2) is 4.35. The fraction of sp³-hybridized carbons (Fsp3) is 0.909. The van der Waals surface area contributed by atoms with Crippen molar-refractivity contribution < 1.29 is 18.3 Å². The van der Waals surface area contributed by atoms with E-state index in [1.54, 1.807) is 20.8 Å². The SMILES string of the molecule is CC(C)S(=O)(=O)CCC(C)(C(=O)O)C1CC1. The van der Waals surface area contributed by atoms with Crippen LogP contribution in [-0.4, -0.2) is 30.5 Å². The Morgan fingerprint density at radius 1 is 1.44 bits per heavy atom.